The molecule has 0 atom stereocenters. The van der Waals surface area contributed by atoms with Crippen LogP contribution in [0.1, 0.15) is 17.8 Å². The number of nitrogens with two attached hydrogens (primary N) is 1. The van der Waals surface area contributed by atoms with Gasteiger partial charge in [-0.1, -0.05) is 0 Å². The maximum atomic E-state index is 11.4. The summed E-state index contributed by atoms with van der Waals surface area (Å²) in [7, 11) is 0. The highest BCUT2D eigenvalue weighted by Gasteiger charge is 2.05. The van der Waals surface area contributed by atoms with E-state index in [4.69, 9.17) is 5.73 Å². The molecule has 1 rings (SSSR count). The Balaban J connectivity index is 0. The number of carbonyl (C=O) groups excluding carboxylic acids is 1. The molecule has 1 amide bonds. The van der Waals surface area contributed by atoms with Gasteiger partial charge in [0.15, 0.2) is 0 Å². The lowest BCUT2D eigenvalue weighted by molar-refractivity contribution is -0.121. The summed E-state index contributed by atoms with van der Waals surface area (Å²) >= 11 is 0. The summed E-state index contributed by atoms with van der Waals surface area (Å²) in [5.41, 5.74) is 7.26. The van der Waals surface area contributed by atoms with E-state index in [-0.39, 0.29) is 37.3 Å². The number of hydrogen-bond acceptors (Lipinski definition) is 3. The molecule has 0 spiro atoms. The third-order valence-electron chi connectivity index (χ3n) is 2.10. The van der Waals surface area contributed by atoms with Crippen LogP contribution in [0.15, 0.2) is 6.07 Å². The molecule has 17 heavy (non-hydrogen) atoms. The average molecular weight is 283 g/mol. The van der Waals surface area contributed by atoms with Gasteiger partial charge in [-0.25, -0.2) is 0 Å². The first-order valence-corrected chi connectivity index (χ1v) is 5.11. The average Bonchev–Trinajstić information content (AvgIpc) is 2.45. The molecule has 1 aromatic rings. The minimum absolute atomic E-state index is 0. The lowest BCUT2D eigenvalue weighted by atomic mass is 10.4. The van der Waals surface area contributed by atoms with Crippen molar-refractivity contribution in [2.45, 2.75) is 26.8 Å². The number of rotatable bonds is 5. The quantitative estimate of drug-likeness (QED) is 0.785. The molecule has 5 nitrogen and oxygen atoms in total. The van der Waals surface area contributed by atoms with Crippen molar-refractivity contribution < 1.29 is 4.79 Å². The zero-order chi connectivity index (χ0) is 11.3. The van der Waals surface area contributed by atoms with Crippen molar-refractivity contribution in [3.8, 4) is 0 Å². The first-order valence-electron chi connectivity index (χ1n) is 5.11. The standard InChI is InChI=1S/C10H18N4O.2ClH/c1-8-6-9(2)14(13-8)7-10(15)12-5-3-4-11;;/h6H,3-5,7,11H2,1-2H3,(H,12,15);2*1H. The number of nitrogens with zero attached hydrogens (tertiary/aromatic N) is 2. The Morgan fingerprint density at radius 1 is 1.47 bits per heavy atom. The van der Waals surface area contributed by atoms with Crippen molar-refractivity contribution in [3.05, 3.63) is 17.5 Å². The van der Waals surface area contributed by atoms with Crippen LogP contribution in [0, 0.1) is 13.8 Å². The molecule has 0 saturated heterocycles. The molecule has 100 valence electrons. The van der Waals surface area contributed by atoms with Gasteiger partial charge in [0.05, 0.1) is 5.69 Å². The first kappa shape index (κ1) is 18.6. The lowest BCUT2D eigenvalue weighted by Gasteiger charge is -2.05. The molecule has 0 radical (unpaired) electrons. The van der Waals surface area contributed by atoms with Crippen molar-refractivity contribution in [2.75, 3.05) is 13.1 Å². The molecule has 0 aliphatic rings. The monoisotopic (exact) mass is 282 g/mol. The molecule has 1 aromatic heterocycles. The van der Waals surface area contributed by atoms with Crippen LogP contribution in [0.3, 0.4) is 0 Å². The van der Waals surface area contributed by atoms with Gasteiger partial charge in [0.1, 0.15) is 6.54 Å². The minimum atomic E-state index is -0.0188. The van der Waals surface area contributed by atoms with Crippen LogP contribution in [-0.2, 0) is 11.3 Å². The molecule has 0 aliphatic heterocycles. The molecule has 3 N–H and O–H groups in total. The Morgan fingerprint density at radius 2 is 2.12 bits per heavy atom. The Bertz CT molecular complexity index is 341. The molecule has 0 saturated carbocycles. The highest BCUT2D eigenvalue weighted by atomic mass is 35.5. The Kier molecular flexibility index (Phi) is 10.1. The van der Waals surface area contributed by atoms with Gasteiger partial charge in [0.2, 0.25) is 5.91 Å². The van der Waals surface area contributed by atoms with Crippen LogP contribution in [-0.4, -0.2) is 28.8 Å². The van der Waals surface area contributed by atoms with Gasteiger partial charge in [0.25, 0.3) is 0 Å². The summed E-state index contributed by atoms with van der Waals surface area (Å²) in [6.45, 7) is 5.36. The van der Waals surface area contributed by atoms with E-state index < -0.39 is 0 Å². The number of carbonyl (C=O) groups is 1. The van der Waals surface area contributed by atoms with E-state index in [0.29, 0.717) is 13.1 Å². The Morgan fingerprint density at radius 3 is 2.59 bits per heavy atom. The second-order valence-corrected chi connectivity index (χ2v) is 3.58. The summed E-state index contributed by atoms with van der Waals surface area (Å²) < 4.78 is 1.70. The fraction of sp³-hybridized carbons (Fsp3) is 0.600. The van der Waals surface area contributed by atoms with Gasteiger partial charge in [-0.15, -0.1) is 24.8 Å². The number of aryl methyl sites for hydroxylation is 2. The maximum Gasteiger partial charge on any atom is 0.241 e. The third-order valence-corrected chi connectivity index (χ3v) is 2.10. The van der Waals surface area contributed by atoms with E-state index in [1.165, 1.54) is 0 Å². The molecule has 0 unspecified atom stereocenters. The van der Waals surface area contributed by atoms with E-state index in [1.807, 2.05) is 19.9 Å². The fourth-order valence-electron chi connectivity index (χ4n) is 1.36. The highest BCUT2D eigenvalue weighted by Crippen LogP contribution is 2.00. The maximum absolute atomic E-state index is 11.4. The minimum Gasteiger partial charge on any atom is -0.354 e. The second-order valence-electron chi connectivity index (χ2n) is 3.58. The van der Waals surface area contributed by atoms with Gasteiger partial charge in [-0.3, -0.25) is 9.48 Å². The van der Waals surface area contributed by atoms with Crippen molar-refractivity contribution in [1.29, 1.82) is 0 Å². The van der Waals surface area contributed by atoms with Gasteiger partial charge in [-0.2, -0.15) is 5.10 Å². The topological polar surface area (TPSA) is 72.9 Å². The first-order chi connectivity index (χ1) is 7.13. The van der Waals surface area contributed by atoms with Crippen molar-refractivity contribution in [3.63, 3.8) is 0 Å². The van der Waals surface area contributed by atoms with E-state index in [1.54, 1.807) is 4.68 Å². The van der Waals surface area contributed by atoms with Gasteiger partial charge in [-0.05, 0) is 32.9 Å². The Labute approximate surface area is 114 Å². The highest BCUT2D eigenvalue weighted by molar-refractivity contribution is 5.85. The molecule has 7 heteroatoms. The van der Waals surface area contributed by atoms with Crippen LogP contribution in [0.4, 0.5) is 0 Å². The van der Waals surface area contributed by atoms with Gasteiger partial charge in [0, 0.05) is 12.2 Å². The largest absolute Gasteiger partial charge is 0.354 e. The zero-order valence-electron chi connectivity index (χ0n) is 10.1. The van der Waals surface area contributed by atoms with Crippen LogP contribution < -0.4 is 11.1 Å². The van der Waals surface area contributed by atoms with Crippen LogP contribution >= 0.6 is 24.8 Å². The zero-order valence-corrected chi connectivity index (χ0v) is 11.7. The molecule has 0 aromatic carbocycles. The summed E-state index contributed by atoms with van der Waals surface area (Å²) in [5, 5.41) is 7.00. The van der Waals surface area contributed by atoms with Crippen molar-refractivity contribution in [1.82, 2.24) is 15.1 Å². The number of hydrogen-bond donors (Lipinski definition) is 2. The predicted molar refractivity (Wildman–Crippen MR) is 72.9 cm³/mol. The fourth-order valence-corrected chi connectivity index (χ4v) is 1.36. The van der Waals surface area contributed by atoms with Crippen molar-refractivity contribution >= 4 is 30.7 Å². The van der Waals surface area contributed by atoms with E-state index in [9.17, 15) is 4.79 Å². The summed E-state index contributed by atoms with van der Waals surface area (Å²) in [6, 6.07) is 1.95. The third kappa shape index (κ3) is 6.51. The molecule has 0 bridgehead atoms. The molecule has 1 heterocycles. The number of aromatic nitrogens is 2. The SMILES string of the molecule is Cc1cc(C)n(CC(=O)NCCCN)n1.Cl.Cl. The Hall–Kier alpha value is -0.780. The van der Waals surface area contributed by atoms with Crippen LogP contribution in [0.25, 0.3) is 0 Å². The molecule has 0 fully saturated rings. The smallest absolute Gasteiger partial charge is 0.241 e. The van der Waals surface area contributed by atoms with Crippen LogP contribution in [0.5, 0.6) is 0 Å². The van der Waals surface area contributed by atoms with E-state index in [2.05, 4.69) is 10.4 Å². The van der Waals surface area contributed by atoms with Gasteiger partial charge < -0.3 is 11.1 Å². The van der Waals surface area contributed by atoms with Gasteiger partial charge >= 0.3 is 0 Å². The van der Waals surface area contributed by atoms with Crippen LogP contribution in [0.2, 0.25) is 0 Å². The molecule has 0 aliphatic carbocycles. The number of halogens is 2. The van der Waals surface area contributed by atoms with E-state index >= 15 is 0 Å². The van der Waals surface area contributed by atoms with Crippen molar-refractivity contribution in [2.24, 2.45) is 5.73 Å². The molecular formula is C10H20Cl2N4O. The van der Waals surface area contributed by atoms with E-state index in [0.717, 1.165) is 17.8 Å². The number of amides is 1. The second kappa shape index (κ2) is 9.27. The molecular weight excluding hydrogens is 263 g/mol. The lowest BCUT2D eigenvalue weighted by Crippen LogP contribution is -2.30. The summed E-state index contributed by atoms with van der Waals surface area (Å²) in [4.78, 5) is 11.4. The summed E-state index contributed by atoms with van der Waals surface area (Å²) in [5.74, 6) is -0.0188. The predicted octanol–water partition coefficient (Wildman–Crippen LogP) is 0.809. The number of nitrogens with one attached hydrogen (secondary N) is 1. The normalized spacial score (nSPS) is 9.12. The summed E-state index contributed by atoms with van der Waals surface area (Å²) in [6.07, 6.45) is 0.808.